The number of carbonyl (C=O) groups excluding carboxylic acids is 1. The Kier molecular flexibility index (Phi) is 4.31. The van der Waals surface area contributed by atoms with Gasteiger partial charge in [0.25, 0.3) is 0 Å². The van der Waals surface area contributed by atoms with Crippen LogP contribution in [0.2, 0.25) is 0 Å². The number of benzene rings is 1. The molecule has 1 N–H and O–H groups in total. The average molecular weight is 352 g/mol. The number of amides is 1. The van der Waals surface area contributed by atoms with Crippen molar-refractivity contribution in [2.75, 3.05) is 19.8 Å². The van der Waals surface area contributed by atoms with Crippen LogP contribution in [0.15, 0.2) is 42.7 Å². The Morgan fingerprint density at radius 3 is 2.81 bits per heavy atom. The molecule has 2 aromatic rings. The van der Waals surface area contributed by atoms with Crippen LogP contribution in [0.1, 0.15) is 37.3 Å². The van der Waals surface area contributed by atoms with Crippen molar-refractivity contribution in [2.45, 2.75) is 31.6 Å². The fourth-order valence-electron chi connectivity index (χ4n) is 3.45. The van der Waals surface area contributed by atoms with Crippen LogP contribution in [0.4, 0.5) is 0 Å². The number of carbonyl (C=O) groups is 1. The largest absolute Gasteiger partial charge is 0.486 e. The summed E-state index contributed by atoms with van der Waals surface area (Å²) in [5.74, 6) is 2.07. The van der Waals surface area contributed by atoms with E-state index >= 15 is 0 Å². The van der Waals surface area contributed by atoms with E-state index in [1.165, 1.54) is 0 Å². The van der Waals surface area contributed by atoms with Crippen LogP contribution in [-0.4, -0.2) is 30.6 Å². The molecule has 1 fully saturated rings. The molecule has 5 nitrogen and oxygen atoms in total. The molecule has 0 spiro atoms. The highest BCUT2D eigenvalue weighted by Gasteiger charge is 2.44. The van der Waals surface area contributed by atoms with E-state index < -0.39 is 0 Å². The lowest BCUT2D eigenvalue weighted by Crippen LogP contribution is -2.37. The maximum atomic E-state index is 12.5. The highest BCUT2D eigenvalue weighted by molar-refractivity contribution is 5.83. The van der Waals surface area contributed by atoms with Gasteiger partial charge in [-0.15, -0.1) is 0 Å². The lowest BCUT2D eigenvalue weighted by Gasteiger charge is -2.28. The summed E-state index contributed by atoms with van der Waals surface area (Å²) in [6.45, 7) is 6.01. The monoisotopic (exact) mass is 352 g/mol. The van der Waals surface area contributed by atoms with Gasteiger partial charge in [0.05, 0.1) is 0 Å². The third kappa shape index (κ3) is 3.39. The summed E-state index contributed by atoms with van der Waals surface area (Å²) in [5.41, 5.74) is 2.09. The van der Waals surface area contributed by atoms with Crippen molar-refractivity contribution in [3.05, 3.63) is 53.9 Å². The van der Waals surface area contributed by atoms with Crippen molar-refractivity contribution in [1.82, 2.24) is 10.3 Å². The standard InChI is InChI=1S/C21H24N2O3/c1-21(2,15-5-6-18-19(10-15)26-9-8-25-18)13-23-20(24)17-11-16(17)14-4-3-7-22-12-14/h3-7,10,12,16-17H,8-9,11,13H2,1-2H3,(H,23,24)/t16-,17+/m0/s1. The summed E-state index contributed by atoms with van der Waals surface area (Å²) in [6.07, 6.45) is 4.52. The fraction of sp³-hybridized carbons (Fsp3) is 0.429. The molecule has 0 unspecified atom stereocenters. The molecule has 26 heavy (non-hydrogen) atoms. The molecule has 2 aliphatic rings. The Balaban J connectivity index is 1.37. The molecule has 5 heteroatoms. The van der Waals surface area contributed by atoms with Gasteiger partial charge < -0.3 is 14.8 Å². The van der Waals surface area contributed by atoms with Crippen molar-refractivity contribution in [3.63, 3.8) is 0 Å². The second kappa shape index (κ2) is 6.63. The normalized spacial score (nSPS) is 21.2. The number of rotatable bonds is 5. The Labute approximate surface area is 153 Å². The molecule has 0 saturated heterocycles. The number of aromatic nitrogens is 1. The van der Waals surface area contributed by atoms with E-state index in [9.17, 15) is 4.79 Å². The first-order chi connectivity index (χ1) is 12.5. The zero-order valence-corrected chi connectivity index (χ0v) is 15.2. The van der Waals surface area contributed by atoms with Crippen molar-refractivity contribution < 1.29 is 14.3 Å². The number of hydrogen-bond donors (Lipinski definition) is 1. The van der Waals surface area contributed by atoms with Crippen LogP contribution in [0.5, 0.6) is 11.5 Å². The number of nitrogens with one attached hydrogen (secondary N) is 1. The molecule has 1 amide bonds. The summed E-state index contributed by atoms with van der Waals surface area (Å²) < 4.78 is 11.3. The Hall–Kier alpha value is -2.56. The van der Waals surface area contributed by atoms with Crippen molar-refractivity contribution in [1.29, 1.82) is 0 Å². The predicted molar refractivity (Wildman–Crippen MR) is 98.6 cm³/mol. The molecule has 1 aliphatic carbocycles. The fourth-order valence-corrected chi connectivity index (χ4v) is 3.45. The van der Waals surface area contributed by atoms with Gasteiger partial charge in [0, 0.05) is 30.3 Å². The maximum Gasteiger partial charge on any atom is 0.223 e. The molecule has 4 rings (SSSR count). The molecular formula is C21H24N2O3. The summed E-state index contributed by atoms with van der Waals surface area (Å²) in [6, 6.07) is 10.00. The van der Waals surface area contributed by atoms with Gasteiger partial charge >= 0.3 is 0 Å². The molecule has 1 aromatic carbocycles. The first kappa shape index (κ1) is 16.9. The maximum absolute atomic E-state index is 12.5. The minimum absolute atomic E-state index is 0.0651. The molecule has 0 radical (unpaired) electrons. The van der Waals surface area contributed by atoms with E-state index in [-0.39, 0.29) is 17.2 Å². The summed E-state index contributed by atoms with van der Waals surface area (Å²) >= 11 is 0. The van der Waals surface area contributed by atoms with Gasteiger partial charge in [0.2, 0.25) is 5.91 Å². The number of fused-ring (bicyclic) bond motifs is 1. The third-order valence-electron chi connectivity index (χ3n) is 5.27. The van der Waals surface area contributed by atoms with Crippen molar-refractivity contribution >= 4 is 5.91 Å². The van der Waals surface area contributed by atoms with Gasteiger partial charge in [-0.1, -0.05) is 26.0 Å². The van der Waals surface area contributed by atoms with Crippen LogP contribution in [0.3, 0.4) is 0 Å². The van der Waals surface area contributed by atoms with Crippen molar-refractivity contribution in [3.8, 4) is 11.5 Å². The molecule has 1 saturated carbocycles. The molecule has 1 aliphatic heterocycles. The Morgan fingerprint density at radius 2 is 2.04 bits per heavy atom. The predicted octanol–water partition coefficient (Wildman–Crippen LogP) is 3.05. The molecule has 2 atom stereocenters. The zero-order valence-electron chi connectivity index (χ0n) is 15.2. The first-order valence-electron chi connectivity index (χ1n) is 9.12. The SMILES string of the molecule is CC(C)(CNC(=O)[C@@H]1C[C@H]1c1cccnc1)c1ccc2c(c1)OCCO2. The second-order valence-electron chi connectivity index (χ2n) is 7.70. The minimum atomic E-state index is -0.190. The molecule has 2 heterocycles. The first-order valence-corrected chi connectivity index (χ1v) is 9.12. The Bertz CT molecular complexity index is 804. The van der Waals surface area contributed by atoms with Crippen LogP contribution in [-0.2, 0) is 10.2 Å². The van der Waals surface area contributed by atoms with Crippen LogP contribution >= 0.6 is 0 Å². The highest BCUT2D eigenvalue weighted by Crippen LogP contribution is 2.47. The summed E-state index contributed by atoms with van der Waals surface area (Å²) in [4.78, 5) is 16.7. The van der Waals surface area contributed by atoms with Crippen LogP contribution in [0, 0.1) is 5.92 Å². The van der Waals surface area contributed by atoms with Gasteiger partial charge in [-0.2, -0.15) is 0 Å². The topological polar surface area (TPSA) is 60.5 Å². The second-order valence-corrected chi connectivity index (χ2v) is 7.70. The highest BCUT2D eigenvalue weighted by atomic mass is 16.6. The number of ether oxygens (including phenoxy) is 2. The lowest BCUT2D eigenvalue weighted by atomic mass is 9.84. The van der Waals surface area contributed by atoms with Gasteiger partial charge in [0.1, 0.15) is 13.2 Å². The van der Waals surface area contributed by atoms with Gasteiger partial charge in [-0.25, -0.2) is 0 Å². The van der Waals surface area contributed by atoms with E-state index in [4.69, 9.17) is 9.47 Å². The molecule has 1 aromatic heterocycles. The number of nitrogens with zero attached hydrogens (tertiary/aromatic N) is 1. The van der Waals surface area contributed by atoms with E-state index in [1.54, 1.807) is 6.20 Å². The summed E-state index contributed by atoms with van der Waals surface area (Å²) in [7, 11) is 0. The van der Waals surface area contributed by atoms with E-state index in [2.05, 4.69) is 30.2 Å². The average Bonchev–Trinajstić information content (AvgIpc) is 3.47. The van der Waals surface area contributed by atoms with Gasteiger partial charge in [-0.3, -0.25) is 9.78 Å². The number of hydrogen-bond acceptors (Lipinski definition) is 4. The lowest BCUT2D eigenvalue weighted by molar-refractivity contribution is -0.122. The van der Waals surface area contributed by atoms with Gasteiger partial charge in [0.15, 0.2) is 11.5 Å². The third-order valence-corrected chi connectivity index (χ3v) is 5.27. The van der Waals surface area contributed by atoms with E-state index in [0.29, 0.717) is 25.7 Å². The van der Waals surface area contributed by atoms with E-state index in [0.717, 1.165) is 29.0 Å². The quantitative estimate of drug-likeness (QED) is 0.898. The van der Waals surface area contributed by atoms with Crippen molar-refractivity contribution in [2.24, 2.45) is 5.92 Å². The molecule has 136 valence electrons. The Morgan fingerprint density at radius 1 is 1.23 bits per heavy atom. The van der Waals surface area contributed by atoms with Crippen LogP contribution in [0.25, 0.3) is 0 Å². The minimum Gasteiger partial charge on any atom is -0.486 e. The molecule has 0 bridgehead atoms. The van der Waals surface area contributed by atoms with Gasteiger partial charge in [-0.05, 0) is 41.7 Å². The number of pyridine rings is 1. The van der Waals surface area contributed by atoms with Crippen LogP contribution < -0.4 is 14.8 Å². The molecular weight excluding hydrogens is 328 g/mol. The summed E-state index contributed by atoms with van der Waals surface area (Å²) in [5, 5.41) is 3.13. The zero-order chi connectivity index (χ0) is 18.1. The van der Waals surface area contributed by atoms with E-state index in [1.807, 2.05) is 30.5 Å². The smallest absolute Gasteiger partial charge is 0.223 e.